The average molecular weight is 448 g/mol. The summed E-state index contributed by atoms with van der Waals surface area (Å²) in [5, 5.41) is 4.75. The molecule has 32 heavy (non-hydrogen) atoms. The van der Waals surface area contributed by atoms with E-state index in [9.17, 15) is 9.18 Å². The highest BCUT2D eigenvalue weighted by Gasteiger charge is 2.17. The standard InChI is InChI=1S/C24H15ClFN3O3/c25-18-5-3-6-19(26)17(18)12-27-29-24(30)16-11-21(28-20-7-2-1-4-15(16)20)14-8-9-22-23(10-14)32-13-31-22/h1-12H,13H2,(H,29,30)/b27-12-. The lowest BCUT2D eigenvalue weighted by molar-refractivity contribution is 0.0956. The van der Waals surface area contributed by atoms with Crippen LogP contribution in [0.1, 0.15) is 15.9 Å². The van der Waals surface area contributed by atoms with Crippen molar-refractivity contribution < 1.29 is 18.7 Å². The van der Waals surface area contributed by atoms with Crippen LogP contribution in [0.25, 0.3) is 22.2 Å². The summed E-state index contributed by atoms with van der Waals surface area (Å²) in [6.45, 7) is 0.168. The number of carbonyl (C=O) groups is 1. The normalized spacial score (nSPS) is 12.4. The Labute approximate surface area is 187 Å². The Morgan fingerprint density at radius 1 is 1.06 bits per heavy atom. The highest BCUT2D eigenvalue weighted by molar-refractivity contribution is 6.33. The molecule has 1 N–H and O–H groups in total. The summed E-state index contributed by atoms with van der Waals surface area (Å²) in [5.41, 5.74) is 4.93. The molecular formula is C24H15ClFN3O3. The van der Waals surface area contributed by atoms with E-state index in [0.717, 1.165) is 5.56 Å². The number of halogens is 2. The minimum atomic E-state index is -0.532. The highest BCUT2D eigenvalue weighted by Crippen LogP contribution is 2.36. The number of hydrogen-bond donors (Lipinski definition) is 1. The summed E-state index contributed by atoms with van der Waals surface area (Å²) in [5.74, 6) is 0.285. The second-order valence-electron chi connectivity index (χ2n) is 6.97. The lowest BCUT2D eigenvalue weighted by Crippen LogP contribution is -2.18. The summed E-state index contributed by atoms with van der Waals surface area (Å²) in [6.07, 6.45) is 1.18. The number of nitrogens with zero attached hydrogens (tertiary/aromatic N) is 2. The summed E-state index contributed by atoms with van der Waals surface area (Å²) in [7, 11) is 0. The summed E-state index contributed by atoms with van der Waals surface area (Å²) >= 11 is 6.00. The van der Waals surface area contributed by atoms with Gasteiger partial charge in [-0.3, -0.25) is 4.79 Å². The maximum atomic E-state index is 13.9. The summed E-state index contributed by atoms with van der Waals surface area (Å²) < 4.78 is 24.7. The lowest BCUT2D eigenvalue weighted by atomic mass is 10.0. The molecule has 8 heteroatoms. The predicted octanol–water partition coefficient (Wildman–Crippen LogP) is 5.19. The molecule has 0 radical (unpaired) electrons. The van der Waals surface area contributed by atoms with Gasteiger partial charge in [0.25, 0.3) is 5.91 Å². The highest BCUT2D eigenvalue weighted by atomic mass is 35.5. The van der Waals surface area contributed by atoms with Gasteiger partial charge in [-0.1, -0.05) is 35.9 Å². The van der Waals surface area contributed by atoms with Crippen LogP contribution in [0.5, 0.6) is 11.5 Å². The molecule has 1 aliphatic heterocycles. The van der Waals surface area contributed by atoms with E-state index in [2.05, 4.69) is 15.5 Å². The van der Waals surface area contributed by atoms with Gasteiger partial charge < -0.3 is 9.47 Å². The maximum absolute atomic E-state index is 13.9. The molecule has 1 aliphatic rings. The van der Waals surface area contributed by atoms with Crippen molar-refractivity contribution in [3.63, 3.8) is 0 Å². The van der Waals surface area contributed by atoms with Crippen LogP contribution in [0.2, 0.25) is 5.02 Å². The zero-order chi connectivity index (χ0) is 22.1. The van der Waals surface area contributed by atoms with Crippen LogP contribution in [0.3, 0.4) is 0 Å². The molecule has 0 unspecified atom stereocenters. The molecule has 158 valence electrons. The first-order valence-corrected chi connectivity index (χ1v) is 10.1. The minimum Gasteiger partial charge on any atom is -0.454 e. The first kappa shape index (κ1) is 20.0. The van der Waals surface area contributed by atoms with E-state index in [1.807, 2.05) is 30.3 Å². The Morgan fingerprint density at radius 3 is 2.78 bits per heavy atom. The average Bonchev–Trinajstić information content (AvgIpc) is 3.28. The van der Waals surface area contributed by atoms with Gasteiger partial charge in [0.15, 0.2) is 11.5 Å². The molecule has 0 bridgehead atoms. The van der Waals surface area contributed by atoms with E-state index < -0.39 is 11.7 Å². The number of rotatable bonds is 4. The number of hydrazone groups is 1. The zero-order valence-electron chi connectivity index (χ0n) is 16.5. The summed E-state index contributed by atoms with van der Waals surface area (Å²) in [6, 6.07) is 18.8. The van der Waals surface area contributed by atoms with Crippen molar-refractivity contribution in [2.45, 2.75) is 0 Å². The zero-order valence-corrected chi connectivity index (χ0v) is 17.3. The smallest absolute Gasteiger partial charge is 0.272 e. The third-order valence-corrected chi connectivity index (χ3v) is 5.32. The molecule has 0 saturated heterocycles. The number of aromatic nitrogens is 1. The van der Waals surface area contributed by atoms with Crippen molar-refractivity contribution in [1.29, 1.82) is 0 Å². The van der Waals surface area contributed by atoms with Gasteiger partial charge in [-0.15, -0.1) is 0 Å². The van der Waals surface area contributed by atoms with Crippen LogP contribution in [-0.4, -0.2) is 23.9 Å². The monoisotopic (exact) mass is 447 g/mol. The number of fused-ring (bicyclic) bond motifs is 2. The first-order valence-electron chi connectivity index (χ1n) is 9.67. The van der Waals surface area contributed by atoms with Crippen LogP contribution in [0, 0.1) is 5.82 Å². The molecule has 3 aromatic carbocycles. The van der Waals surface area contributed by atoms with Crippen LogP contribution in [0.4, 0.5) is 4.39 Å². The number of ether oxygens (including phenoxy) is 2. The van der Waals surface area contributed by atoms with E-state index >= 15 is 0 Å². The van der Waals surface area contributed by atoms with Crippen molar-refractivity contribution in [1.82, 2.24) is 10.4 Å². The van der Waals surface area contributed by atoms with E-state index in [0.29, 0.717) is 33.7 Å². The molecule has 0 saturated carbocycles. The molecule has 0 spiro atoms. The van der Waals surface area contributed by atoms with E-state index in [-0.39, 0.29) is 17.4 Å². The fourth-order valence-corrected chi connectivity index (χ4v) is 3.63. The molecule has 2 heterocycles. The van der Waals surface area contributed by atoms with Crippen LogP contribution < -0.4 is 14.9 Å². The van der Waals surface area contributed by atoms with Gasteiger partial charge in [0, 0.05) is 16.5 Å². The molecular weight excluding hydrogens is 433 g/mol. The molecule has 1 amide bonds. The fourth-order valence-electron chi connectivity index (χ4n) is 3.42. The van der Waals surface area contributed by atoms with Gasteiger partial charge in [-0.05, 0) is 42.5 Å². The number of benzene rings is 3. The number of para-hydroxylation sites is 1. The van der Waals surface area contributed by atoms with E-state index in [1.165, 1.54) is 18.3 Å². The SMILES string of the molecule is O=C(N/N=C\c1c(F)cccc1Cl)c1cc(-c2ccc3c(c2)OCO3)nc2ccccc12. The number of hydrogen-bond acceptors (Lipinski definition) is 5. The van der Waals surface area contributed by atoms with Crippen molar-refractivity contribution in [3.05, 3.63) is 88.7 Å². The number of nitrogens with one attached hydrogen (secondary N) is 1. The first-order chi connectivity index (χ1) is 15.6. The maximum Gasteiger partial charge on any atom is 0.272 e. The Bertz CT molecular complexity index is 1370. The molecule has 0 atom stereocenters. The molecule has 0 aliphatic carbocycles. The minimum absolute atomic E-state index is 0.0927. The molecule has 6 nitrogen and oxygen atoms in total. The van der Waals surface area contributed by atoms with Crippen molar-refractivity contribution >= 4 is 34.6 Å². The topological polar surface area (TPSA) is 72.8 Å². The molecule has 0 fully saturated rings. The van der Waals surface area contributed by atoms with Gasteiger partial charge in [0.2, 0.25) is 6.79 Å². The Balaban J connectivity index is 1.50. The van der Waals surface area contributed by atoms with E-state index in [4.69, 9.17) is 21.1 Å². The molecule has 4 aromatic rings. The number of carbonyl (C=O) groups excluding carboxylic acids is 1. The third kappa shape index (κ3) is 3.74. The van der Waals surface area contributed by atoms with Gasteiger partial charge in [0.05, 0.1) is 28.0 Å². The van der Waals surface area contributed by atoms with Crippen molar-refractivity contribution in [3.8, 4) is 22.8 Å². The van der Waals surface area contributed by atoms with Gasteiger partial charge >= 0.3 is 0 Å². The lowest BCUT2D eigenvalue weighted by Gasteiger charge is -2.09. The van der Waals surface area contributed by atoms with Gasteiger partial charge in [0.1, 0.15) is 5.82 Å². The van der Waals surface area contributed by atoms with Crippen LogP contribution in [-0.2, 0) is 0 Å². The summed E-state index contributed by atoms with van der Waals surface area (Å²) in [4.78, 5) is 17.6. The predicted molar refractivity (Wildman–Crippen MR) is 120 cm³/mol. The molecule has 1 aromatic heterocycles. The number of amides is 1. The molecule has 5 rings (SSSR count). The second-order valence-corrected chi connectivity index (χ2v) is 7.38. The van der Waals surface area contributed by atoms with Crippen LogP contribution in [0.15, 0.2) is 71.8 Å². The van der Waals surface area contributed by atoms with Gasteiger partial charge in [-0.25, -0.2) is 14.8 Å². The van der Waals surface area contributed by atoms with Gasteiger partial charge in [-0.2, -0.15) is 5.10 Å². The quantitative estimate of drug-likeness (QED) is 0.345. The Morgan fingerprint density at radius 2 is 1.91 bits per heavy atom. The number of pyridine rings is 1. The second kappa shape index (κ2) is 8.28. The van der Waals surface area contributed by atoms with Crippen molar-refractivity contribution in [2.75, 3.05) is 6.79 Å². The Kier molecular flexibility index (Phi) is 5.17. The third-order valence-electron chi connectivity index (χ3n) is 4.99. The largest absolute Gasteiger partial charge is 0.454 e. The van der Waals surface area contributed by atoms with E-state index in [1.54, 1.807) is 24.3 Å². The fraction of sp³-hybridized carbons (Fsp3) is 0.0417. The van der Waals surface area contributed by atoms with Crippen LogP contribution >= 0.6 is 11.6 Å². The van der Waals surface area contributed by atoms with Crippen molar-refractivity contribution in [2.24, 2.45) is 5.10 Å². The Hall–Kier alpha value is -3.97.